The number of carbonyl (C=O) groups is 1. The van der Waals surface area contributed by atoms with E-state index in [1.807, 2.05) is 42.5 Å². The topological polar surface area (TPSA) is 70.2 Å². The molecule has 1 amide bonds. The predicted molar refractivity (Wildman–Crippen MR) is 118 cm³/mol. The van der Waals surface area contributed by atoms with Crippen molar-refractivity contribution in [3.05, 3.63) is 60.7 Å². The first-order valence-corrected chi connectivity index (χ1v) is 10.0. The van der Waals surface area contributed by atoms with E-state index in [0.29, 0.717) is 5.95 Å². The van der Waals surface area contributed by atoms with Crippen molar-refractivity contribution < 1.29 is 4.79 Å². The molecule has 2 N–H and O–H groups in total. The van der Waals surface area contributed by atoms with Gasteiger partial charge in [-0.05, 0) is 43.5 Å². The number of nitrogens with one attached hydrogen (secondary N) is 2. The van der Waals surface area contributed by atoms with Crippen molar-refractivity contribution in [1.82, 2.24) is 9.97 Å². The lowest BCUT2D eigenvalue weighted by atomic mass is 10.1. The lowest BCUT2D eigenvalue weighted by molar-refractivity contribution is -0.114. The first kappa shape index (κ1) is 18.9. The molecular formula is C23H25N5O. The van der Waals surface area contributed by atoms with Gasteiger partial charge < -0.3 is 15.5 Å². The molecule has 0 unspecified atom stereocenters. The van der Waals surface area contributed by atoms with E-state index >= 15 is 0 Å². The molecule has 1 saturated heterocycles. The van der Waals surface area contributed by atoms with E-state index in [1.165, 1.54) is 26.2 Å². The molecule has 6 heteroatoms. The lowest BCUT2D eigenvalue weighted by Gasteiger charge is -2.28. The molecule has 3 aromatic rings. The highest BCUT2D eigenvalue weighted by Crippen LogP contribution is 2.27. The Bertz CT molecular complexity index is 966. The van der Waals surface area contributed by atoms with Gasteiger partial charge in [-0.3, -0.25) is 4.79 Å². The zero-order valence-electron chi connectivity index (χ0n) is 16.6. The molecule has 0 bridgehead atoms. The maximum absolute atomic E-state index is 11.2. The third kappa shape index (κ3) is 4.90. The molecule has 0 aliphatic carbocycles. The molecule has 1 aliphatic heterocycles. The summed E-state index contributed by atoms with van der Waals surface area (Å²) in [5, 5.41) is 6.09. The number of rotatable bonds is 5. The zero-order valence-corrected chi connectivity index (χ0v) is 16.6. The van der Waals surface area contributed by atoms with Crippen LogP contribution in [0.3, 0.4) is 0 Å². The van der Waals surface area contributed by atoms with E-state index in [4.69, 9.17) is 9.97 Å². The maximum atomic E-state index is 11.2. The summed E-state index contributed by atoms with van der Waals surface area (Å²) >= 11 is 0. The highest BCUT2D eigenvalue weighted by atomic mass is 16.1. The summed E-state index contributed by atoms with van der Waals surface area (Å²) in [6, 6.07) is 19.8. The van der Waals surface area contributed by atoms with Gasteiger partial charge in [-0.2, -0.15) is 4.98 Å². The van der Waals surface area contributed by atoms with Gasteiger partial charge in [0.05, 0.1) is 5.69 Å². The smallest absolute Gasteiger partial charge is 0.229 e. The van der Waals surface area contributed by atoms with Crippen LogP contribution >= 0.6 is 0 Å². The van der Waals surface area contributed by atoms with Gasteiger partial charge in [0.1, 0.15) is 5.82 Å². The van der Waals surface area contributed by atoms with Crippen molar-refractivity contribution in [1.29, 1.82) is 0 Å². The van der Waals surface area contributed by atoms with Crippen LogP contribution in [-0.4, -0.2) is 29.0 Å². The summed E-state index contributed by atoms with van der Waals surface area (Å²) in [7, 11) is 0. The minimum absolute atomic E-state index is 0.0872. The summed E-state index contributed by atoms with van der Waals surface area (Å²) in [5.41, 5.74) is 3.60. The number of carbonyl (C=O) groups excluding carboxylic acids is 1. The normalized spacial score (nSPS) is 13.8. The van der Waals surface area contributed by atoms with Gasteiger partial charge in [0, 0.05) is 43.0 Å². The van der Waals surface area contributed by atoms with E-state index in [2.05, 4.69) is 33.7 Å². The Morgan fingerprint density at radius 2 is 1.59 bits per heavy atom. The fraction of sp³-hybridized carbons (Fsp3) is 0.261. The predicted octanol–water partition coefficient (Wildman–Crippen LogP) is 4.84. The number of anilines is 4. The Morgan fingerprint density at radius 1 is 0.897 bits per heavy atom. The molecule has 29 heavy (non-hydrogen) atoms. The number of nitrogens with zero attached hydrogens (tertiary/aromatic N) is 3. The molecular weight excluding hydrogens is 362 g/mol. The van der Waals surface area contributed by atoms with Crippen LogP contribution in [0.5, 0.6) is 0 Å². The highest BCUT2D eigenvalue weighted by Gasteiger charge is 2.15. The quantitative estimate of drug-likeness (QED) is 0.656. The van der Waals surface area contributed by atoms with Gasteiger partial charge in [0.15, 0.2) is 0 Å². The third-order valence-electron chi connectivity index (χ3n) is 4.92. The summed E-state index contributed by atoms with van der Waals surface area (Å²) < 4.78 is 0. The van der Waals surface area contributed by atoms with Gasteiger partial charge in [-0.25, -0.2) is 4.98 Å². The molecule has 0 spiro atoms. The average molecular weight is 387 g/mol. The van der Waals surface area contributed by atoms with Crippen molar-refractivity contribution in [3.8, 4) is 11.3 Å². The van der Waals surface area contributed by atoms with Gasteiger partial charge in [-0.15, -0.1) is 0 Å². The molecule has 148 valence electrons. The van der Waals surface area contributed by atoms with Crippen LogP contribution in [0.1, 0.15) is 26.2 Å². The first-order valence-electron chi connectivity index (χ1n) is 10.0. The minimum Gasteiger partial charge on any atom is -0.356 e. The van der Waals surface area contributed by atoms with E-state index in [1.54, 1.807) is 0 Å². The lowest BCUT2D eigenvalue weighted by Crippen LogP contribution is -2.30. The van der Waals surface area contributed by atoms with E-state index in [-0.39, 0.29) is 5.91 Å². The molecule has 6 nitrogen and oxygen atoms in total. The molecule has 2 aromatic carbocycles. The highest BCUT2D eigenvalue weighted by molar-refractivity contribution is 5.88. The fourth-order valence-electron chi connectivity index (χ4n) is 3.50. The van der Waals surface area contributed by atoms with Gasteiger partial charge in [0.2, 0.25) is 11.9 Å². The molecule has 0 radical (unpaired) electrons. The van der Waals surface area contributed by atoms with Crippen LogP contribution in [0.4, 0.5) is 23.1 Å². The molecule has 2 heterocycles. The molecule has 1 aliphatic rings. The second kappa shape index (κ2) is 8.73. The van der Waals surface area contributed by atoms with Crippen molar-refractivity contribution in [2.24, 2.45) is 0 Å². The third-order valence-corrected chi connectivity index (χ3v) is 4.92. The Balaban J connectivity index is 1.63. The fourth-order valence-corrected chi connectivity index (χ4v) is 3.50. The van der Waals surface area contributed by atoms with E-state index < -0.39 is 0 Å². The van der Waals surface area contributed by atoms with Crippen molar-refractivity contribution in [2.75, 3.05) is 28.6 Å². The van der Waals surface area contributed by atoms with Crippen LogP contribution in [0.15, 0.2) is 60.7 Å². The minimum atomic E-state index is -0.0872. The second-order valence-corrected chi connectivity index (χ2v) is 7.23. The molecule has 1 aromatic heterocycles. The molecule has 4 rings (SSSR count). The first-order chi connectivity index (χ1) is 14.2. The van der Waals surface area contributed by atoms with Crippen molar-refractivity contribution in [3.63, 3.8) is 0 Å². The molecule has 1 fully saturated rings. The SMILES string of the molecule is CC(=O)Nc1ccc(Nc2nc(-c3ccccc3)cc(N3CCCCC3)n2)cc1. The van der Waals surface area contributed by atoms with Crippen LogP contribution < -0.4 is 15.5 Å². The monoisotopic (exact) mass is 387 g/mol. The van der Waals surface area contributed by atoms with E-state index in [9.17, 15) is 4.79 Å². The Hall–Kier alpha value is -3.41. The summed E-state index contributed by atoms with van der Waals surface area (Å²) in [5.74, 6) is 1.44. The number of hydrogen-bond acceptors (Lipinski definition) is 5. The Labute approximate surface area is 171 Å². The summed E-state index contributed by atoms with van der Waals surface area (Å²) in [4.78, 5) is 23.1. The summed E-state index contributed by atoms with van der Waals surface area (Å²) in [6.07, 6.45) is 3.66. The molecule has 0 atom stereocenters. The van der Waals surface area contributed by atoms with Gasteiger partial charge >= 0.3 is 0 Å². The van der Waals surface area contributed by atoms with E-state index in [0.717, 1.165) is 41.5 Å². The zero-order chi connectivity index (χ0) is 20.1. The second-order valence-electron chi connectivity index (χ2n) is 7.23. The average Bonchev–Trinajstić information content (AvgIpc) is 2.76. The Morgan fingerprint density at radius 3 is 2.28 bits per heavy atom. The van der Waals surface area contributed by atoms with Gasteiger partial charge in [-0.1, -0.05) is 30.3 Å². The number of piperidine rings is 1. The van der Waals surface area contributed by atoms with Gasteiger partial charge in [0.25, 0.3) is 0 Å². The number of aromatic nitrogens is 2. The standard InChI is InChI=1S/C23H25N5O/c1-17(29)24-19-10-12-20(13-11-19)25-23-26-21(18-8-4-2-5-9-18)16-22(27-23)28-14-6-3-7-15-28/h2,4-5,8-13,16H,3,6-7,14-15H2,1H3,(H,24,29)(H,25,26,27). The van der Waals surface area contributed by atoms with Crippen LogP contribution in [0, 0.1) is 0 Å². The Kier molecular flexibility index (Phi) is 5.70. The maximum Gasteiger partial charge on any atom is 0.229 e. The van der Waals surface area contributed by atoms with Crippen molar-refractivity contribution in [2.45, 2.75) is 26.2 Å². The van der Waals surface area contributed by atoms with Crippen LogP contribution in [0.2, 0.25) is 0 Å². The number of hydrogen-bond donors (Lipinski definition) is 2. The number of amides is 1. The number of benzene rings is 2. The summed E-state index contributed by atoms with van der Waals surface area (Å²) in [6.45, 7) is 3.55. The van der Waals surface area contributed by atoms with Crippen molar-refractivity contribution >= 4 is 29.0 Å². The molecule has 0 saturated carbocycles. The largest absolute Gasteiger partial charge is 0.356 e. The van der Waals surface area contributed by atoms with Crippen LogP contribution in [0.25, 0.3) is 11.3 Å². The van der Waals surface area contributed by atoms with Crippen LogP contribution in [-0.2, 0) is 4.79 Å².